The Balaban J connectivity index is 1.61. The van der Waals surface area contributed by atoms with Crippen LogP contribution in [-0.2, 0) is 18.2 Å². The van der Waals surface area contributed by atoms with E-state index in [1.807, 2.05) is 44.6 Å². The third-order valence-corrected chi connectivity index (χ3v) is 6.23. The number of imidazole rings is 1. The van der Waals surface area contributed by atoms with E-state index in [1.54, 1.807) is 15.0 Å². The topological polar surface area (TPSA) is 72.0 Å². The number of rotatable bonds is 4. The first-order valence-electron chi connectivity index (χ1n) is 11.0. The molecule has 4 aromatic rings. The minimum absolute atomic E-state index is 0.172. The lowest BCUT2D eigenvalue weighted by molar-refractivity contribution is -0.0214. The number of ether oxygens (including phenoxy) is 1. The lowest BCUT2D eigenvalue weighted by atomic mass is 10.0. The number of nitrogens with zero attached hydrogens (tertiary/aromatic N) is 4. The van der Waals surface area contributed by atoms with Crippen LogP contribution in [0.5, 0.6) is 0 Å². The zero-order valence-corrected chi connectivity index (χ0v) is 18.8. The minimum Gasteiger partial charge on any atom is -0.465 e. The van der Waals surface area contributed by atoms with Gasteiger partial charge < -0.3 is 23.7 Å². The standard InChI is InChI=1S/C25H24F2N4O3/c1-15-5-7-31-21(13-17-14-30(25(32)33)8-9-34-17)24(28-22(31)10-15)23-18(26)11-16(12-19(23)27)20-4-3-6-29(20)2/h3-7,10-12,17H,8-9,13-14H2,1-2H3,(H,32,33)/t17-/m0/s1. The molecule has 0 bridgehead atoms. The van der Waals surface area contributed by atoms with E-state index in [0.717, 1.165) is 5.56 Å². The highest BCUT2D eigenvalue weighted by atomic mass is 19.1. The number of amides is 1. The minimum atomic E-state index is -1.02. The van der Waals surface area contributed by atoms with Gasteiger partial charge in [-0.05, 0) is 48.9 Å². The first-order chi connectivity index (χ1) is 16.3. The summed E-state index contributed by atoms with van der Waals surface area (Å²) in [4.78, 5) is 17.3. The Kier molecular flexibility index (Phi) is 5.57. The molecule has 1 atom stereocenters. The number of hydrogen-bond acceptors (Lipinski definition) is 3. The Labute approximate surface area is 194 Å². The average Bonchev–Trinajstić information content (AvgIpc) is 3.37. The Morgan fingerprint density at radius 1 is 1.21 bits per heavy atom. The van der Waals surface area contributed by atoms with Crippen LogP contribution in [0.1, 0.15) is 11.3 Å². The zero-order valence-electron chi connectivity index (χ0n) is 18.8. The Bertz CT molecular complexity index is 1370. The second-order valence-corrected chi connectivity index (χ2v) is 8.58. The number of hydrogen-bond donors (Lipinski definition) is 1. The molecule has 1 N–H and O–H groups in total. The van der Waals surface area contributed by atoms with Gasteiger partial charge in [-0.15, -0.1) is 0 Å². The van der Waals surface area contributed by atoms with Crippen LogP contribution >= 0.6 is 0 Å². The second kappa shape index (κ2) is 8.57. The Hall–Kier alpha value is -3.72. The molecule has 1 aromatic carbocycles. The van der Waals surface area contributed by atoms with Crippen molar-refractivity contribution in [2.75, 3.05) is 19.7 Å². The summed E-state index contributed by atoms with van der Waals surface area (Å²) in [5.74, 6) is -1.43. The van der Waals surface area contributed by atoms with Gasteiger partial charge >= 0.3 is 6.09 Å². The van der Waals surface area contributed by atoms with Gasteiger partial charge in [-0.2, -0.15) is 0 Å². The number of aromatic nitrogens is 3. The summed E-state index contributed by atoms with van der Waals surface area (Å²) in [5, 5.41) is 9.37. The summed E-state index contributed by atoms with van der Waals surface area (Å²) in [5.41, 5.74) is 3.19. The summed E-state index contributed by atoms with van der Waals surface area (Å²) in [6.07, 6.45) is 2.39. The quantitative estimate of drug-likeness (QED) is 0.480. The maximum atomic E-state index is 15.4. The normalized spacial score (nSPS) is 16.4. The van der Waals surface area contributed by atoms with Crippen molar-refractivity contribution >= 4 is 11.7 Å². The van der Waals surface area contributed by atoms with E-state index in [9.17, 15) is 9.90 Å². The van der Waals surface area contributed by atoms with Crippen LogP contribution in [-0.4, -0.2) is 55.9 Å². The fourth-order valence-corrected chi connectivity index (χ4v) is 4.53. The van der Waals surface area contributed by atoms with Crippen LogP contribution in [0, 0.1) is 18.6 Å². The number of morpholine rings is 1. The Morgan fingerprint density at radius 2 is 1.97 bits per heavy atom. The number of carbonyl (C=O) groups is 1. The summed E-state index contributed by atoms with van der Waals surface area (Å²) < 4.78 is 40.3. The molecule has 0 saturated carbocycles. The smallest absolute Gasteiger partial charge is 0.407 e. The lowest BCUT2D eigenvalue weighted by Gasteiger charge is -2.31. The van der Waals surface area contributed by atoms with Gasteiger partial charge in [0.15, 0.2) is 0 Å². The molecule has 1 aliphatic heterocycles. The lowest BCUT2D eigenvalue weighted by Crippen LogP contribution is -2.45. The predicted molar refractivity (Wildman–Crippen MR) is 123 cm³/mol. The number of benzene rings is 1. The molecule has 176 valence electrons. The van der Waals surface area contributed by atoms with Gasteiger partial charge in [0.05, 0.1) is 36.2 Å². The highest BCUT2D eigenvalue weighted by molar-refractivity contribution is 5.72. The van der Waals surface area contributed by atoms with Crippen LogP contribution in [0.3, 0.4) is 0 Å². The third-order valence-electron chi connectivity index (χ3n) is 6.23. The van der Waals surface area contributed by atoms with E-state index in [2.05, 4.69) is 4.98 Å². The second-order valence-electron chi connectivity index (χ2n) is 8.58. The number of halogens is 2. The number of pyridine rings is 1. The number of fused-ring (bicyclic) bond motifs is 1. The van der Waals surface area contributed by atoms with Gasteiger partial charge in [-0.3, -0.25) is 0 Å². The molecule has 0 aliphatic carbocycles. The van der Waals surface area contributed by atoms with Gasteiger partial charge in [0.1, 0.15) is 17.3 Å². The first kappa shape index (κ1) is 22.1. The van der Waals surface area contributed by atoms with Crippen LogP contribution < -0.4 is 0 Å². The summed E-state index contributed by atoms with van der Waals surface area (Å²) in [6.45, 7) is 2.63. The summed E-state index contributed by atoms with van der Waals surface area (Å²) in [6, 6.07) is 9.96. The molecule has 34 heavy (non-hydrogen) atoms. The maximum Gasteiger partial charge on any atom is 0.407 e. The molecule has 0 radical (unpaired) electrons. The van der Waals surface area contributed by atoms with Crippen molar-refractivity contribution in [1.29, 1.82) is 0 Å². The molecular weight excluding hydrogens is 442 g/mol. The van der Waals surface area contributed by atoms with Crippen LogP contribution in [0.2, 0.25) is 0 Å². The molecule has 9 heteroatoms. The highest BCUT2D eigenvalue weighted by Gasteiger charge is 2.28. The van der Waals surface area contributed by atoms with Crippen molar-refractivity contribution in [3.63, 3.8) is 0 Å². The average molecular weight is 466 g/mol. The van der Waals surface area contributed by atoms with E-state index in [4.69, 9.17) is 4.74 Å². The third kappa shape index (κ3) is 3.92. The zero-order chi connectivity index (χ0) is 24.0. The number of aryl methyl sites for hydroxylation is 2. The molecule has 7 nitrogen and oxygen atoms in total. The van der Waals surface area contributed by atoms with E-state index in [0.29, 0.717) is 22.6 Å². The van der Waals surface area contributed by atoms with Crippen LogP contribution in [0.4, 0.5) is 13.6 Å². The van der Waals surface area contributed by atoms with Gasteiger partial charge in [0.25, 0.3) is 0 Å². The first-order valence-corrected chi connectivity index (χ1v) is 11.0. The predicted octanol–water partition coefficient (Wildman–Crippen LogP) is 4.51. The van der Waals surface area contributed by atoms with Gasteiger partial charge in [-0.25, -0.2) is 18.6 Å². The van der Waals surface area contributed by atoms with Gasteiger partial charge in [0, 0.05) is 43.7 Å². The monoisotopic (exact) mass is 466 g/mol. The fourth-order valence-electron chi connectivity index (χ4n) is 4.53. The molecule has 1 amide bonds. The van der Waals surface area contributed by atoms with Crippen molar-refractivity contribution in [1.82, 2.24) is 18.9 Å². The molecule has 3 aromatic heterocycles. The Morgan fingerprint density at radius 3 is 2.65 bits per heavy atom. The fraction of sp³-hybridized carbons (Fsp3) is 0.280. The number of carboxylic acid groups (broad SMARTS) is 1. The largest absolute Gasteiger partial charge is 0.465 e. The molecular formula is C25H24F2N4O3. The van der Waals surface area contributed by atoms with Crippen molar-refractivity contribution in [2.24, 2.45) is 7.05 Å². The van der Waals surface area contributed by atoms with Crippen LogP contribution in [0.25, 0.3) is 28.2 Å². The van der Waals surface area contributed by atoms with E-state index >= 15 is 8.78 Å². The molecule has 1 fully saturated rings. The van der Waals surface area contributed by atoms with Crippen molar-refractivity contribution in [3.8, 4) is 22.5 Å². The molecule has 5 rings (SSSR count). The summed E-state index contributed by atoms with van der Waals surface area (Å²) in [7, 11) is 1.81. The molecule has 1 aliphatic rings. The van der Waals surface area contributed by atoms with Gasteiger partial charge in [-0.1, -0.05) is 0 Å². The van der Waals surface area contributed by atoms with Crippen molar-refractivity contribution in [2.45, 2.75) is 19.4 Å². The molecule has 1 saturated heterocycles. The summed E-state index contributed by atoms with van der Waals surface area (Å²) >= 11 is 0. The van der Waals surface area contributed by atoms with Crippen molar-refractivity contribution in [3.05, 3.63) is 71.7 Å². The highest BCUT2D eigenvalue weighted by Crippen LogP contribution is 2.34. The van der Waals surface area contributed by atoms with E-state index in [1.165, 1.54) is 17.0 Å². The molecule has 0 unspecified atom stereocenters. The maximum absolute atomic E-state index is 15.4. The van der Waals surface area contributed by atoms with Crippen LogP contribution in [0.15, 0.2) is 48.8 Å². The SMILES string of the molecule is Cc1ccn2c(C[C@H]3CN(C(=O)O)CCO3)c(-c3c(F)cc(-c4cccn4C)cc3F)nc2c1. The van der Waals surface area contributed by atoms with E-state index in [-0.39, 0.29) is 37.4 Å². The molecule has 4 heterocycles. The van der Waals surface area contributed by atoms with E-state index < -0.39 is 23.8 Å². The van der Waals surface area contributed by atoms with Gasteiger partial charge in [0.2, 0.25) is 0 Å². The van der Waals surface area contributed by atoms with Crippen molar-refractivity contribution < 1.29 is 23.4 Å². The molecule has 0 spiro atoms.